The van der Waals surface area contributed by atoms with Crippen molar-refractivity contribution in [1.29, 1.82) is 0 Å². The van der Waals surface area contributed by atoms with E-state index in [2.05, 4.69) is 10.6 Å². The summed E-state index contributed by atoms with van der Waals surface area (Å²) in [5, 5.41) is 13.9. The lowest BCUT2D eigenvalue weighted by molar-refractivity contribution is 0.104. The summed E-state index contributed by atoms with van der Waals surface area (Å²) >= 11 is 0. The monoisotopic (exact) mass is 382 g/mol. The predicted molar refractivity (Wildman–Crippen MR) is 93.2 cm³/mol. The second kappa shape index (κ2) is 9.18. The normalized spacial score (nSPS) is 11.4. The molecule has 2 aromatic carbocycles. The van der Waals surface area contributed by atoms with Gasteiger partial charge in [0, 0.05) is 30.4 Å². The predicted octanol–water partition coefficient (Wildman–Crippen LogP) is 3.52. The Morgan fingerprint density at radius 1 is 1.00 bits per heavy atom. The molecule has 0 radical (unpaired) electrons. The number of hydrogen-bond acceptors (Lipinski definition) is 4. The van der Waals surface area contributed by atoms with Gasteiger partial charge < -0.3 is 15.7 Å². The first-order valence-electron chi connectivity index (χ1n) is 8.07. The van der Waals surface area contributed by atoms with Crippen molar-refractivity contribution in [3.63, 3.8) is 0 Å². The summed E-state index contributed by atoms with van der Waals surface area (Å²) in [4.78, 5) is 12.0. The van der Waals surface area contributed by atoms with E-state index in [9.17, 15) is 22.4 Å². The van der Waals surface area contributed by atoms with Gasteiger partial charge >= 0.3 is 0 Å². The van der Waals surface area contributed by atoms with Gasteiger partial charge in [-0.05, 0) is 6.92 Å². The molecule has 27 heavy (non-hydrogen) atoms. The van der Waals surface area contributed by atoms with E-state index in [-0.39, 0.29) is 18.9 Å². The number of benzene rings is 2. The van der Waals surface area contributed by atoms with Gasteiger partial charge in [-0.25, -0.2) is 17.6 Å². The Kier molecular flexibility index (Phi) is 6.95. The van der Waals surface area contributed by atoms with Crippen LogP contribution in [0.25, 0.3) is 0 Å². The second-order valence-corrected chi connectivity index (χ2v) is 5.68. The number of carbonyl (C=O) groups excluding carboxylic acids is 1. The smallest absolute Gasteiger partial charge is 0.187 e. The molecule has 3 N–H and O–H groups in total. The molecule has 0 saturated heterocycles. The average molecular weight is 382 g/mol. The summed E-state index contributed by atoms with van der Waals surface area (Å²) in [7, 11) is 0. The quantitative estimate of drug-likeness (QED) is 0.215. The lowest BCUT2D eigenvalue weighted by Gasteiger charge is -2.13. The Morgan fingerprint density at radius 3 is 2.15 bits per heavy atom. The van der Waals surface area contributed by atoms with Crippen molar-refractivity contribution in [2.45, 2.75) is 13.5 Å². The van der Waals surface area contributed by atoms with Crippen LogP contribution in [0.3, 0.4) is 0 Å². The zero-order chi connectivity index (χ0) is 20.0. The topological polar surface area (TPSA) is 61.4 Å². The maximum Gasteiger partial charge on any atom is 0.187 e. The minimum atomic E-state index is -1.64. The van der Waals surface area contributed by atoms with Crippen molar-refractivity contribution < 1.29 is 27.5 Å². The largest absolute Gasteiger partial charge is 0.391 e. The van der Waals surface area contributed by atoms with Gasteiger partial charge in [0.25, 0.3) is 0 Å². The van der Waals surface area contributed by atoms with Crippen LogP contribution in [-0.2, 0) is 6.61 Å². The first kappa shape index (κ1) is 20.4. The van der Waals surface area contributed by atoms with E-state index >= 15 is 0 Å². The molecule has 0 saturated carbocycles. The van der Waals surface area contributed by atoms with E-state index in [1.54, 1.807) is 37.3 Å². The number of hydrogen-bond donors (Lipinski definition) is 3. The summed E-state index contributed by atoms with van der Waals surface area (Å²) in [6, 6.07) is 8.58. The summed E-state index contributed by atoms with van der Waals surface area (Å²) in [6.45, 7) is 0.536. The molecule has 2 aromatic rings. The highest BCUT2D eigenvalue weighted by Gasteiger charge is 2.24. The third kappa shape index (κ3) is 4.85. The Hall–Kier alpha value is -2.87. The van der Waals surface area contributed by atoms with Crippen LogP contribution in [0.2, 0.25) is 0 Å². The van der Waals surface area contributed by atoms with E-state index in [0.717, 1.165) is 0 Å². The van der Waals surface area contributed by atoms with Crippen LogP contribution < -0.4 is 10.6 Å². The van der Waals surface area contributed by atoms with Crippen molar-refractivity contribution >= 4 is 11.5 Å². The van der Waals surface area contributed by atoms with Crippen molar-refractivity contribution in [2.24, 2.45) is 0 Å². The zero-order valence-corrected chi connectivity index (χ0v) is 14.5. The van der Waals surface area contributed by atoms with Gasteiger partial charge in [0.15, 0.2) is 29.1 Å². The number of ketones is 1. The molecule has 0 aromatic heterocycles. The van der Waals surface area contributed by atoms with Crippen LogP contribution in [0.15, 0.2) is 42.1 Å². The number of carbonyl (C=O) groups is 1. The average Bonchev–Trinajstić information content (AvgIpc) is 2.67. The Balaban J connectivity index is 1.95. The molecule has 8 heteroatoms. The second-order valence-electron chi connectivity index (χ2n) is 5.68. The standard InChI is InChI=1S/C19H18F4N2O2/c1-11(9-14(27)12-5-3-2-4-6-12)24-7-8-25-19-17(22)15(20)13(10-26)16(21)18(19)23/h2-6,9,24-26H,7-8,10H2,1H3/b11-9-. The van der Waals surface area contributed by atoms with E-state index in [1.807, 2.05) is 0 Å². The minimum absolute atomic E-state index is 0.0735. The molecule has 0 aliphatic carbocycles. The highest BCUT2D eigenvalue weighted by Crippen LogP contribution is 2.27. The first-order chi connectivity index (χ1) is 12.9. The molecule has 0 spiro atoms. The molecule has 0 heterocycles. The Labute approximate surface area is 153 Å². The van der Waals surface area contributed by atoms with Crippen LogP contribution in [0, 0.1) is 23.3 Å². The fourth-order valence-corrected chi connectivity index (χ4v) is 2.35. The first-order valence-corrected chi connectivity index (χ1v) is 8.07. The molecule has 144 valence electrons. The van der Waals surface area contributed by atoms with Crippen LogP contribution in [0.5, 0.6) is 0 Å². The van der Waals surface area contributed by atoms with Gasteiger partial charge in [0.2, 0.25) is 0 Å². The SMILES string of the molecule is C/C(=C/C(=O)c1ccccc1)NCCNc1c(F)c(F)c(CO)c(F)c1F. The molecule has 0 unspecified atom stereocenters. The molecule has 0 bridgehead atoms. The third-order valence-corrected chi connectivity index (χ3v) is 3.75. The molecule has 0 fully saturated rings. The molecule has 0 aliphatic rings. The number of nitrogens with one attached hydrogen (secondary N) is 2. The molecule has 0 amide bonds. The summed E-state index contributed by atoms with van der Waals surface area (Å²) < 4.78 is 54.8. The molecular formula is C19H18F4N2O2. The van der Waals surface area contributed by atoms with Crippen LogP contribution in [0.1, 0.15) is 22.8 Å². The van der Waals surface area contributed by atoms with Crippen LogP contribution in [0.4, 0.5) is 23.2 Å². The summed E-state index contributed by atoms with van der Waals surface area (Å²) in [5.74, 6) is -6.71. The van der Waals surface area contributed by atoms with Crippen molar-refractivity contribution in [3.8, 4) is 0 Å². The van der Waals surface area contributed by atoms with Gasteiger partial charge in [-0.2, -0.15) is 0 Å². The molecule has 0 aliphatic heterocycles. The highest BCUT2D eigenvalue weighted by molar-refractivity contribution is 6.04. The van der Waals surface area contributed by atoms with Crippen molar-refractivity contribution in [2.75, 3.05) is 18.4 Å². The van der Waals surface area contributed by atoms with E-state index < -0.39 is 41.1 Å². The number of halogens is 4. The van der Waals surface area contributed by atoms with Gasteiger partial charge in [-0.1, -0.05) is 30.3 Å². The van der Waals surface area contributed by atoms with Crippen molar-refractivity contribution in [3.05, 3.63) is 76.5 Å². The third-order valence-electron chi connectivity index (χ3n) is 3.75. The fourth-order valence-electron chi connectivity index (χ4n) is 2.35. The Morgan fingerprint density at radius 2 is 1.59 bits per heavy atom. The maximum absolute atomic E-state index is 13.8. The van der Waals surface area contributed by atoms with Crippen LogP contribution >= 0.6 is 0 Å². The number of allylic oxidation sites excluding steroid dienone is 2. The van der Waals surface area contributed by atoms with E-state index in [4.69, 9.17) is 5.11 Å². The molecule has 0 atom stereocenters. The maximum atomic E-state index is 13.8. The molecular weight excluding hydrogens is 364 g/mol. The van der Waals surface area contributed by atoms with Crippen molar-refractivity contribution in [1.82, 2.24) is 5.32 Å². The van der Waals surface area contributed by atoms with Gasteiger partial charge in [0.1, 0.15) is 5.69 Å². The number of aliphatic hydroxyl groups is 1. The number of aliphatic hydroxyl groups excluding tert-OH is 1. The minimum Gasteiger partial charge on any atom is -0.391 e. The lowest BCUT2D eigenvalue weighted by Crippen LogP contribution is -2.22. The molecule has 2 rings (SSSR count). The van der Waals surface area contributed by atoms with Gasteiger partial charge in [-0.15, -0.1) is 0 Å². The fraction of sp³-hybridized carbons (Fsp3) is 0.211. The molecule has 4 nitrogen and oxygen atoms in total. The Bertz CT molecular complexity index is 826. The summed E-state index contributed by atoms with van der Waals surface area (Å²) in [5.41, 5.74) is -0.992. The van der Waals surface area contributed by atoms with Gasteiger partial charge in [-0.3, -0.25) is 4.79 Å². The van der Waals surface area contributed by atoms with Gasteiger partial charge in [0.05, 0.1) is 12.2 Å². The van der Waals surface area contributed by atoms with E-state index in [1.165, 1.54) is 6.08 Å². The van der Waals surface area contributed by atoms with E-state index in [0.29, 0.717) is 11.3 Å². The number of anilines is 1. The lowest BCUT2D eigenvalue weighted by atomic mass is 10.1. The zero-order valence-electron chi connectivity index (χ0n) is 14.5. The number of rotatable bonds is 8. The highest BCUT2D eigenvalue weighted by atomic mass is 19.2. The summed E-state index contributed by atoms with van der Waals surface area (Å²) in [6.07, 6.45) is 1.37. The van der Waals surface area contributed by atoms with Crippen LogP contribution in [-0.4, -0.2) is 24.0 Å².